The first-order valence-corrected chi connectivity index (χ1v) is 11.0. The van der Waals surface area contributed by atoms with Gasteiger partial charge in [-0.05, 0) is 43.7 Å². The lowest BCUT2D eigenvalue weighted by Gasteiger charge is -2.16. The van der Waals surface area contributed by atoms with Crippen LogP contribution in [0.4, 0.5) is 5.69 Å². The maximum Gasteiger partial charge on any atom is 0.338 e. The van der Waals surface area contributed by atoms with E-state index in [9.17, 15) is 19.2 Å². The molecule has 0 fully saturated rings. The summed E-state index contributed by atoms with van der Waals surface area (Å²) in [6, 6.07) is 12.7. The number of ether oxygens (including phenoxy) is 1. The minimum atomic E-state index is -0.684. The van der Waals surface area contributed by atoms with Gasteiger partial charge in [0.1, 0.15) is 6.61 Å². The molecular weight excluding hydrogens is 442 g/mol. The Labute approximate surface area is 191 Å². The number of imide groups is 1. The van der Waals surface area contributed by atoms with Crippen LogP contribution in [-0.4, -0.2) is 27.2 Å². The van der Waals surface area contributed by atoms with Crippen molar-refractivity contribution in [1.82, 2.24) is 9.38 Å². The third kappa shape index (κ3) is 3.42. The van der Waals surface area contributed by atoms with Gasteiger partial charge in [-0.3, -0.25) is 18.8 Å². The Morgan fingerprint density at radius 2 is 1.76 bits per heavy atom. The van der Waals surface area contributed by atoms with Crippen molar-refractivity contribution in [2.45, 2.75) is 20.5 Å². The second-order valence-electron chi connectivity index (χ2n) is 7.65. The van der Waals surface area contributed by atoms with Gasteiger partial charge in [-0.1, -0.05) is 18.2 Å². The lowest BCUT2D eigenvalue weighted by atomic mass is 10.1. The van der Waals surface area contributed by atoms with Crippen LogP contribution >= 0.6 is 11.3 Å². The highest BCUT2D eigenvalue weighted by Gasteiger charge is 2.37. The Kier molecular flexibility index (Phi) is 4.90. The van der Waals surface area contributed by atoms with Crippen molar-refractivity contribution in [2.75, 3.05) is 4.90 Å². The molecular formula is C24H17N3O5S. The Bertz CT molecular complexity index is 1530. The van der Waals surface area contributed by atoms with E-state index < -0.39 is 17.8 Å². The van der Waals surface area contributed by atoms with Crippen molar-refractivity contribution < 1.29 is 19.1 Å². The first-order valence-electron chi connectivity index (χ1n) is 10.1. The van der Waals surface area contributed by atoms with Gasteiger partial charge in [0, 0.05) is 17.1 Å². The Hall–Kier alpha value is -4.11. The van der Waals surface area contributed by atoms with E-state index in [-0.39, 0.29) is 28.9 Å². The standard InChI is InChI=1S/C24H17N3O5S/c1-13-5-3-4-6-19(13)27-21(29)17-8-7-15(9-18(17)22(27)30)23(31)32-11-16-10-20(28)26-14(2)12-33-24(26)25-16/h3-10,12H,11H2,1-2H3. The summed E-state index contributed by atoms with van der Waals surface area (Å²) in [5.41, 5.74) is 2.66. The van der Waals surface area contributed by atoms with Crippen LogP contribution in [0, 0.1) is 13.8 Å². The quantitative estimate of drug-likeness (QED) is 0.342. The van der Waals surface area contributed by atoms with Crippen molar-refractivity contribution in [3.63, 3.8) is 0 Å². The Morgan fingerprint density at radius 3 is 2.55 bits per heavy atom. The molecule has 3 heterocycles. The van der Waals surface area contributed by atoms with Crippen molar-refractivity contribution in [3.05, 3.63) is 97.9 Å². The zero-order valence-corrected chi connectivity index (χ0v) is 18.5. The molecule has 1 aliphatic heterocycles. The molecule has 0 N–H and O–H groups in total. The van der Waals surface area contributed by atoms with E-state index in [4.69, 9.17) is 4.74 Å². The number of esters is 1. The third-order valence-corrected chi connectivity index (χ3v) is 6.40. The number of fused-ring (bicyclic) bond motifs is 2. The molecule has 0 saturated carbocycles. The number of amides is 2. The fraction of sp³-hybridized carbons (Fsp3) is 0.125. The molecule has 0 aliphatic carbocycles. The summed E-state index contributed by atoms with van der Waals surface area (Å²) >= 11 is 1.32. The lowest BCUT2D eigenvalue weighted by molar-refractivity contribution is 0.0467. The number of nitrogens with zero attached hydrogens (tertiary/aromatic N) is 3. The van der Waals surface area contributed by atoms with Crippen LogP contribution < -0.4 is 10.5 Å². The molecule has 1 aliphatic rings. The summed E-state index contributed by atoms with van der Waals surface area (Å²) in [4.78, 5) is 56.7. The summed E-state index contributed by atoms with van der Waals surface area (Å²) in [5.74, 6) is -1.61. The number of hydrogen-bond acceptors (Lipinski definition) is 7. The van der Waals surface area contributed by atoms with Crippen LogP contribution in [0.15, 0.2) is 58.7 Å². The van der Waals surface area contributed by atoms with Crippen molar-refractivity contribution in [2.24, 2.45) is 0 Å². The zero-order valence-electron chi connectivity index (χ0n) is 17.7. The predicted molar refractivity (Wildman–Crippen MR) is 122 cm³/mol. The smallest absolute Gasteiger partial charge is 0.338 e. The van der Waals surface area contributed by atoms with Crippen LogP contribution in [0.3, 0.4) is 0 Å². The van der Waals surface area contributed by atoms with Gasteiger partial charge >= 0.3 is 5.97 Å². The summed E-state index contributed by atoms with van der Waals surface area (Å²) in [6.07, 6.45) is 0. The van der Waals surface area contributed by atoms with Crippen molar-refractivity contribution in [3.8, 4) is 0 Å². The summed E-state index contributed by atoms with van der Waals surface area (Å²) in [6.45, 7) is 3.43. The first-order chi connectivity index (χ1) is 15.8. The summed E-state index contributed by atoms with van der Waals surface area (Å²) in [5, 5.41) is 1.82. The van der Waals surface area contributed by atoms with Crippen LogP contribution in [0.2, 0.25) is 0 Å². The highest BCUT2D eigenvalue weighted by molar-refractivity contribution is 7.15. The molecule has 0 unspecified atom stereocenters. The maximum atomic E-state index is 13.0. The molecule has 0 bridgehead atoms. The number of anilines is 1. The maximum absolute atomic E-state index is 13.0. The number of aryl methyl sites for hydroxylation is 2. The second kappa shape index (κ2) is 7.79. The molecule has 2 aromatic carbocycles. The zero-order chi connectivity index (χ0) is 23.3. The van der Waals surface area contributed by atoms with Crippen molar-refractivity contribution >= 4 is 39.8 Å². The summed E-state index contributed by atoms with van der Waals surface area (Å²) in [7, 11) is 0. The second-order valence-corrected chi connectivity index (χ2v) is 8.49. The number of aromatic nitrogens is 2. The number of para-hydroxylation sites is 1. The molecule has 4 aromatic rings. The van der Waals surface area contributed by atoms with Crippen molar-refractivity contribution in [1.29, 1.82) is 0 Å². The average Bonchev–Trinajstić information content (AvgIpc) is 3.30. The summed E-state index contributed by atoms with van der Waals surface area (Å²) < 4.78 is 6.81. The highest BCUT2D eigenvalue weighted by Crippen LogP contribution is 2.31. The largest absolute Gasteiger partial charge is 0.456 e. The highest BCUT2D eigenvalue weighted by atomic mass is 32.1. The molecule has 2 amide bonds. The third-order valence-electron chi connectivity index (χ3n) is 5.46. The molecule has 0 saturated heterocycles. The van der Waals surface area contributed by atoms with E-state index in [0.29, 0.717) is 16.3 Å². The van der Waals surface area contributed by atoms with Gasteiger partial charge < -0.3 is 4.74 Å². The van der Waals surface area contributed by atoms with E-state index in [1.54, 1.807) is 12.1 Å². The number of hydrogen-bond donors (Lipinski definition) is 0. The van der Waals surface area contributed by atoms with Gasteiger partial charge in [0.15, 0.2) is 4.96 Å². The van der Waals surface area contributed by atoms with Crippen LogP contribution in [0.5, 0.6) is 0 Å². The fourth-order valence-electron chi connectivity index (χ4n) is 3.80. The molecule has 0 radical (unpaired) electrons. The average molecular weight is 459 g/mol. The van der Waals surface area contributed by atoms with Gasteiger partial charge in [-0.25, -0.2) is 14.7 Å². The van der Waals surface area contributed by atoms with Gasteiger partial charge in [-0.15, -0.1) is 11.3 Å². The molecule has 5 rings (SSSR count). The number of thiazole rings is 1. The Balaban J connectivity index is 1.38. The SMILES string of the molecule is Cc1ccccc1N1C(=O)c2ccc(C(=O)OCc3cc(=O)n4c(C)csc4n3)cc2C1=O. The monoisotopic (exact) mass is 459 g/mol. The van der Waals surface area contributed by atoms with Gasteiger partial charge in [0.05, 0.1) is 28.1 Å². The Morgan fingerprint density at radius 1 is 1.00 bits per heavy atom. The molecule has 2 aromatic heterocycles. The van der Waals surface area contributed by atoms with E-state index in [0.717, 1.165) is 16.2 Å². The first kappa shape index (κ1) is 20.8. The normalized spacial score (nSPS) is 13.0. The number of rotatable bonds is 4. The number of carbonyl (C=O) groups is 3. The predicted octanol–water partition coefficient (Wildman–Crippen LogP) is 3.53. The van der Waals surface area contributed by atoms with Crippen LogP contribution in [0.25, 0.3) is 4.96 Å². The lowest BCUT2D eigenvalue weighted by Crippen LogP contribution is -2.29. The molecule has 164 valence electrons. The van der Waals surface area contributed by atoms with Gasteiger partial charge in [0.25, 0.3) is 17.4 Å². The van der Waals surface area contributed by atoms with Gasteiger partial charge in [-0.2, -0.15) is 0 Å². The molecule has 9 heteroatoms. The molecule has 0 atom stereocenters. The van der Waals surface area contributed by atoms with E-state index in [2.05, 4.69) is 4.98 Å². The minimum Gasteiger partial charge on any atom is -0.456 e. The topological polar surface area (TPSA) is 98.1 Å². The molecule has 33 heavy (non-hydrogen) atoms. The minimum absolute atomic E-state index is 0.131. The number of carbonyl (C=O) groups excluding carboxylic acids is 3. The van der Waals surface area contributed by atoms with E-state index >= 15 is 0 Å². The van der Waals surface area contributed by atoms with E-state index in [1.807, 2.05) is 31.4 Å². The van der Waals surface area contributed by atoms with E-state index in [1.165, 1.54) is 40.0 Å². The fourth-order valence-corrected chi connectivity index (χ4v) is 4.69. The number of benzene rings is 2. The molecule has 0 spiro atoms. The molecule has 8 nitrogen and oxygen atoms in total. The van der Waals surface area contributed by atoms with Crippen LogP contribution in [-0.2, 0) is 11.3 Å². The van der Waals surface area contributed by atoms with Gasteiger partial charge in [0.2, 0.25) is 0 Å². The van der Waals surface area contributed by atoms with Crippen LogP contribution in [0.1, 0.15) is 48.0 Å².